The van der Waals surface area contributed by atoms with Crippen molar-refractivity contribution in [3.05, 3.63) is 29.3 Å². The molecule has 0 amide bonds. The van der Waals surface area contributed by atoms with Crippen LogP contribution in [-0.2, 0) is 14.9 Å². The predicted molar refractivity (Wildman–Crippen MR) is 74.6 cm³/mol. The van der Waals surface area contributed by atoms with Crippen LogP contribution in [0.5, 0.6) is 5.75 Å². The normalized spacial score (nSPS) is 25.3. The molecule has 0 radical (unpaired) electrons. The van der Waals surface area contributed by atoms with Crippen LogP contribution in [0, 0.1) is 5.92 Å². The highest BCUT2D eigenvalue weighted by atomic mass is 16.5. The monoisotopic (exact) mass is 262 g/mol. The molecular formula is C16H22O3. The van der Waals surface area contributed by atoms with Crippen LogP contribution in [0.4, 0.5) is 0 Å². The highest BCUT2D eigenvalue weighted by Crippen LogP contribution is 2.57. The van der Waals surface area contributed by atoms with Gasteiger partial charge in [-0.05, 0) is 29.9 Å². The van der Waals surface area contributed by atoms with Gasteiger partial charge in [0, 0.05) is 5.56 Å². The lowest BCUT2D eigenvalue weighted by molar-refractivity contribution is -0.144. The summed E-state index contributed by atoms with van der Waals surface area (Å²) < 4.78 is 10.4. The Kier molecular flexibility index (Phi) is 3.57. The van der Waals surface area contributed by atoms with Gasteiger partial charge in [-0.15, -0.1) is 0 Å². The third-order valence-electron chi connectivity index (χ3n) is 4.23. The Hall–Kier alpha value is -1.51. The fraction of sp³-hybridized carbons (Fsp3) is 0.562. The summed E-state index contributed by atoms with van der Waals surface area (Å²) in [5.74, 6) is 1.35. The fourth-order valence-electron chi connectivity index (χ4n) is 2.81. The van der Waals surface area contributed by atoms with Gasteiger partial charge in [0.1, 0.15) is 5.75 Å². The zero-order chi connectivity index (χ0) is 14.2. The quantitative estimate of drug-likeness (QED) is 0.781. The van der Waals surface area contributed by atoms with Gasteiger partial charge in [0.05, 0.1) is 19.6 Å². The molecule has 2 atom stereocenters. The van der Waals surface area contributed by atoms with Gasteiger partial charge in [-0.25, -0.2) is 0 Å². The van der Waals surface area contributed by atoms with Crippen molar-refractivity contribution in [3.63, 3.8) is 0 Å². The maximum Gasteiger partial charge on any atom is 0.316 e. The molecule has 2 unspecified atom stereocenters. The summed E-state index contributed by atoms with van der Waals surface area (Å²) in [4.78, 5) is 12.2. The lowest BCUT2D eigenvalue weighted by Crippen LogP contribution is -2.25. The molecule has 0 saturated heterocycles. The second kappa shape index (κ2) is 4.87. The minimum atomic E-state index is -0.509. The number of benzene rings is 1. The SMILES string of the molecule is COC(=O)C1(c2cc(C(C)C)ccc2OC)CC1C. The molecule has 0 spiro atoms. The number of carbonyl (C=O) groups is 1. The first-order chi connectivity index (χ1) is 8.97. The zero-order valence-electron chi connectivity index (χ0n) is 12.3. The van der Waals surface area contributed by atoms with E-state index in [0.717, 1.165) is 17.7 Å². The van der Waals surface area contributed by atoms with E-state index in [2.05, 4.69) is 32.9 Å². The summed E-state index contributed by atoms with van der Waals surface area (Å²) >= 11 is 0. The van der Waals surface area contributed by atoms with Crippen molar-refractivity contribution in [1.29, 1.82) is 0 Å². The molecule has 1 aromatic rings. The first-order valence-electron chi connectivity index (χ1n) is 6.74. The lowest BCUT2D eigenvalue weighted by Gasteiger charge is -2.20. The molecule has 104 valence electrons. The van der Waals surface area contributed by atoms with Crippen LogP contribution < -0.4 is 4.74 Å². The van der Waals surface area contributed by atoms with Crippen molar-refractivity contribution in [1.82, 2.24) is 0 Å². The molecule has 2 rings (SSSR count). The van der Waals surface area contributed by atoms with Crippen molar-refractivity contribution in [3.8, 4) is 5.75 Å². The summed E-state index contributed by atoms with van der Waals surface area (Å²) in [5.41, 5.74) is 1.68. The highest BCUT2D eigenvalue weighted by Gasteiger charge is 2.61. The summed E-state index contributed by atoms with van der Waals surface area (Å²) in [6.45, 7) is 6.37. The Morgan fingerprint density at radius 2 is 2.00 bits per heavy atom. The minimum absolute atomic E-state index is 0.154. The van der Waals surface area contributed by atoms with Gasteiger partial charge >= 0.3 is 5.97 Å². The number of rotatable bonds is 4. The molecule has 0 aromatic heterocycles. The Bertz CT molecular complexity index is 493. The number of carbonyl (C=O) groups excluding carboxylic acids is 1. The molecule has 3 nitrogen and oxygen atoms in total. The Morgan fingerprint density at radius 3 is 2.42 bits per heavy atom. The van der Waals surface area contributed by atoms with Crippen molar-refractivity contribution in [2.24, 2.45) is 5.92 Å². The van der Waals surface area contributed by atoms with Crippen LogP contribution in [0.3, 0.4) is 0 Å². The van der Waals surface area contributed by atoms with Gasteiger partial charge in [0.25, 0.3) is 0 Å². The number of ether oxygens (including phenoxy) is 2. The van der Waals surface area contributed by atoms with E-state index < -0.39 is 5.41 Å². The molecule has 1 saturated carbocycles. The molecule has 1 fully saturated rings. The van der Waals surface area contributed by atoms with Crippen molar-refractivity contribution < 1.29 is 14.3 Å². The minimum Gasteiger partial charge on any atom is -0.496 e. The van der Waals surface area contributed by atoms with Crippen molar-refractivity contribution in [2.45, 2.75) is 38.5 Å². The Labute approximate surface area is 114 Å². The van der Waals surface area contributed by atoms with Crippen molar-refractivity contribution >= 4 is 5.97 Å². The number of methoxy groups -OCH3 is 2. The van der Waals surface area contributed by atoms with E-state index in [4.69, 9.17) is 9.47 Å². The largest absolute Gasteiger partial charge is 0.496 e. The third kappa shape index (κ3) is 2.11. The van der Waals surface area contributed by atoms with Crippen LogP contribution in [0.25, 0.3) is 0 Å². The van der Waals surface area contributed by atoms with E-state index >= 15 is 0 Å². The topological polar surface area (TPSA) is 35.5 Å². The second-order valence-electron chi connectivity index (χ2n) is 5.68. The standard InChI is InChI=1S/C16H22O3/c1-10(2)12-6-7-14(18-4)13(8-12)16(9-11(16)3)15(17)19-5/h6-8,10-11H,9H2,1-5H3. The maximum atomic E-state index is 12.2. The summed E-state index contributed by atoms with van der Waals surface area (Å²) in [6.07, 6.45) is 0.831. The van der Waals surface area contributed by atoms with Gasteiger partial charge in [-0.2, -0.15) is 0 Å². The fourth-order valence-corrected chi connectivity index (χ4v) is 2.81. The number of hydrogen-bond donors (Lipinski definition) is 0. The lowest BCUT2D eigenvalue weighted by atomic mass is 9.89. The van der Waals surface area contributed by atoms with E-state index in [1.807, 2.05) is 6.07 Å². The average molecular weight is 262 g/mol. The van der Waals surface area contributed by atoms with Gasteiger partial charge < -0.3 is 9.47 Å². The number of esters is 1. The molecule has 0 aliphatic heterocycles. The van der Waals surface area contributed by atoms with Crippen molar-refractivity contribution in [2.75, 3.05) is 14.2 Å². The molecule has 1 aromatic carbocycles. The summed E-state index contributed by atoms with van der Waals surface area (Å²) in [6, 6.07) is 6.12. The van der Waals surface area contributed by atoms with E-state index in [9.17, 15) is 4.79 Å². The smallest absolute Gasteiger partial charge is 0.316 e. The second-order valence-corrected chi connectivity index (χ2v) is 5.68. The maximum absolute atomic E-state index is 12.2. The third-order valence-corrected chi connectivity index (χ3v) is 4.23. The molecule has 0 N–H and O–H groups in total. The van der Waals surface area contributed by atoms with Gasteiger partial charge in [-0.3, -0.25) is 4.79 Å². The van der Waals surface area contributed by atoms with Gasteiger partial charge in [0.15, 0.2) is 0 Å². The number of hydrogen-bond acceptors (Lipinski definition) is 3. The Balaban J connectivity index is 2.53. The van der Waals surface area contributed by atoms with E-state index in [-0.39, 0.29) is 5.97 Å². The Morgan fingerprint density at radius 1 is 1.37 bits per heavy atom. The van der Waals surface area contributed by atoms with Gasteiger partial charge in [0.2, 0.25) is 0 Å². The van der Waals surface area contributed by atoms with Crippen LogP contribution in [-0.4, -0.2) is 20.2 Å². The van der Waals surface area contributed by atoms with Crippen LogP contribution in [0.15, 0.2) is 18.2 Å². The predicted octanol–water partition coefficient (Wildman–Crippen LogP) is 3.27. The van der Waals surface area contributed by atoms with Crippen LogP contribution >= 0.6 is 0 Å². The molecule has 0 heterocycles. The first kappa shape index (κ1) is 13.9. The average Bonchev–Trinajstić information content (AvgIpc) is 3.09. The summed E-state index contributed by atoms with van der Waals surface area (Å²) in [5, 5.41) is 0. The molecule has 3 heteroatoms. The molecule has 0 bridgehead atoms. The molecular weight excluding hydrogens is 240 g/mol. The highest BCUT2D eigenvalue weighted by molar-refractivity contribution is 5.88. The summed E-state index contributed by atoms with van der Waals surface area (Å²) in [7, 11) is 3.10. The molecule has 19 heavy (non-hydrogen) atoms. The molecule has 1 aliphatic carbocycles. The molecule has 1 aliphatic rings. The zero-order valence-corrected chi connectivity index (χ0v) is 12.3. The van der Waals surface area contributed by atoms with Crippen LogP contribution in [0.1, 0.15) is 44.2 Å². The van der Waals surface area contributed by atoms with Crippen LogP contribution in [0.2, 0.25) is 0 Å². The van der Waals surface area contributed by atoms with Gasteiger partial charge in [-0.1, -0.05) is 32.9 Å². The first-order valence-corrected chi connectivity index (χ1v) is 6.74. The van der Waals surface area contributed by atoms with E-state index in [0.29, 0.717) is 11.8 Å². The van der Waals surface area contributed by atoms with E-state index in [1.54, 1.807) is 7.11 Å². The van der Waals surface area contributed by atoms with E-state index in [1.165, 1.54) is 12.7 Å².